The fourth-order valence-corrected chi connectivity index (χ4v) is 9.26. The van der Waals surface area contributed by atoms with Crippen molar-refractivity contribution in [2.75, 3.05) is 26.7 Å². The first kappa shape index (κ1) is 52.7. The van der Waals surface area contributed by atoms with Gasteiger partial charge in [0.2, 0.25) is 41.0 Å². The van der Waals surface area contributed by atoms with Crippen molar-refractivity contribution >= 4 is 64.6 Å². The van der Waals surface area contributed by atoms with Crippen molar-refractivity contribution in [3.05, 3.63) is 33.8 Å². The number of amides is 7. The van der Waals surface area contributed by atoms with Crippen LogP contribution in [0.15, 0.2) is 18.2 Å². The number of carbonyl (C=O) groups is 7. The molecule has 1 aromatic rings. The van der Waals surface area contributed by atoms with Crippen molar-refractivity contribution in [2.45, 2.75) is 165 Å². The third-order valence-corrected chi connectivity index (χ3v) is 13.8. The fourth-order valence-electron chi connectivity index (χ4n) is 8.87. The summed E-state index contributed by atoms with van der Waals surface area (Å²) in [5.41, 5.74) is -4.65. The van der Waals surface area contributed by atoms with Gasteiger partial charge in [-0.1, -0.05) is 63.2 Å². The minimum Gasteiger partial charge on any atom is -0.373 e. The SMILES string of the molecule is CCCN1C(=O)[C@H](CC(C)C)NC(=O)[C@@H](N(C)C(=O)[C@H](CC2CCC2)NC(=O)[C@@H]2C[C@@H](F)CN2C(=O)[C@@](C)(O)C(F)(F)F)CCCCNC(=O)C2(CC2)NC(=O)[C@@H]1Cc1cc(Cl)ccc1Cl. The van der Waals surface area contributed by atoms with E-state index in [1.165, 1.54) is 11.9 Å². The summed E-state index contributed by atoms with van der Waals surface area (Å²) in [5.74, 6) is -6.29. The van der Waals surface area contributed by atoms with Crippen molar-refractivity contribution in [3.63, 3.8) is 0 Å². The quantitative estimate of drug-likeness (QED) is 0.180. The van der Waals surface area contributed by atoms with Crippen LogP contribution in [0, 0.1) is 11.8 Å². The molecule has 0 unspecified atom stereocenters. The topological polar surface area (TPSA) is 198 Å². The number of aliphatic hydroxyl groups is 1. The monoisotopic (exact) mass is 975 g/mol. The van der Waals surface area contributed by atoms with E-state index < -0.39 is 108 Å². The summed E-state index contributed by atoms with van der Waals surface area (Å²) in [6, 6.07) is -2.06. The molecule has 2 saturated carbocycles. The molecule has 2 saturated heterocycles. The highest BCUT2D eigenvalue weighted by atomic mass is 35.5. The number of benzene rings is 1. The van der Waals surface area contributed by atoms with Crippen LogP contribution in [-0.4, -0.2) is 142 Å². The number of halogens is 6. The first-order valence-electron chi connectivity index (χ1n) is 22.9. The third kappa shape index (κ3) is 12.4. The van der Waals surface area contributed by atoms with Gasteiger partial charge in [-0.25, -0.2) is 4.39 Å². The Kier molecular flexibility index (Phi) is 17.4. The molecule has 4 aliphatic rings. The number of alkyl halides is 4. The number of carbonyl (C=O) groups excluding carboxylic acids is 7. The second-order valence-electron chi connectivity index (χ2n) is 18.9. The predicted octanol–water partition coefficient (Wildman–Crippen LogP) is 4.38. The molecule has 4 fully saturated rings. The molecule has 5 rings (SSSR count). The normalized spacial score (nSPS) is 25.9. The largest absolute Gasteiger partial charge is 0.426 e. The van der Waals surface area contributed by atoms with E-state index in [0.29, 0.717) is 65.5 Å². The lowest BCUT2D eigenvalue weighted by Gasteiger charge is -2.37. The molecular weight excluding hydrogens is 913 g/mol. The standard InChI is InChI=1S/C45H63Cl2F4N7O8/c1-6-18-57-34(22-27-21-28(46)13-14-30(27)47)38(61)55-44(15-16-44)41(64)52-17-8-7-12-33(36(59)53-31(40(57)63)19-25(2)3)56(5)39(62)32(20-26-10-9-11-26)54-37(60)35-23-29(48)24-58(35)42(65)43(4,66)45(49,50)51/h13-14,21,25-26,29,31-35,66H,6-12,15-20,22-24H2,1-5H3,(H,52,64)(H,53,59)(H,54,60)(H,55,61)/t29-,31+,32+,33+,34+,35+,43-/m1/s1. The minimum absolute atomic E-state index is 0.0357. The second kappa shape index (κ2) is 21.8. The molecule has 5 N–H and O–H groups in total. The molecule has 0 bridgehead atoms. The zero-order valence-electron chi connectivity index (χ0n) is 38.1. The van der Waals surface area contributed by atoms with E-state index in [2.05, 4.69) is 21.3 Å². The van der Waals surface area contributed by atoms with Crippen molar-refractivity contribution in [1.82, 2.24) is 36.0 Å². The van der Waals surface area contributed by atoms with Gasteiger partial charge >= 0.3 is 6.18 Å². The Balaban J connectivity index is 1.47. The lowest BCUT2D eigenvalue weighted by molar-refractivity contribution is -0.250. The van der Waals surface area contributed by atoms with Gasteiger partial charge in [-0.3, -0.25) is 33.6 Å². The Morgan fingerprint density at radius 1 is 1.02 bits per heavy atom. The highest BCUT2D eigenvalue weighted by Crippen LogP contribution is 2.37. The van der Waals surface area contributed by atoms with Crippen LogP contribution in [-0.2, 0) is 40.0 Å². The molecule has 2 aliphatic heterocycles. The zero-order chi connectivity index (χ0) is 48.9. The van der Waals surface area contributed by atoms with E-state index in [-0.39, 0.29) is 57.5 Å². The number of hydrogen-bond acceptors (Lipinski definition) is 8. The molecule has 2 aliphatic carbocycles. The lowest BCUT2D eigenvalue weighted by Crippen LogP contribution is -2.62. The van der Waals surface area contributed by atoms with Gasteiger partial charge in [-0.05, 0) is 93.9 Å². The molecule has 0 aromatic heterocycles. The Morgan fingerprint density at radius 2 is 1.70 bits per heavy atom. The summed E-state index contributed by atoms with van der Waals surface area (Å²) in [5, 5.41) is 22.0. The summed E-state index contributed by atoms with van der Waals surface area (Å²) in [6.07, 6.45) is -3.84. The first-order chi connectivity index (χ1) is 30.9. The average Bonchev–Trinajstić information content (AvgIpc) is 3.90. The van der Waals surface area contributed by atoms with E-state index in [1.54, 1.807) is 18.2 Å². The van der Waals surface area contributed by atoms with Crippen LogP contribution in [0.3, 0.4) is 0 Å². The number of likely N-dealkylation sites (N-methyl/N-ethyl adjacent to an activating group) is 1. The van der Waals surface area contributed by atoms with E-state index in [9.17, 15) is 56.2 Å². The molecule has 1 aromatic carbocycles. The van der Waals surface area contributed by atoms with Crippen LogP contribution in [0.1, 0.15) is 110 Å². The molecular formula is C45H63Cl2F4N7O8. The van der Waals surface area contributed by atoms with Crippen molar-refractivity contribution in [1.29, 1.82) is 0 Å². The number of nitrogens with zero attached hydrogens (tertiary/aromatic N) is 3. The van der Waals surface area contributed by atoms with E-state index >= 15 is 0 Å². The van der Waals surface area contributed by atoms with Crippen LogP contribution in [0.2, 0.25) is 10.0 Å². The highest BCUT2D eigenvalue weighted by Gasteiger charge is 2.60. The average molecular weight is 977 g/mol. The van der Waals surface area contributed by atoms with Crippen molar-refractivity contribution < 1.29 is 56.2 Å². The van der Waals surface area contributed by atoms with Gasteiger partial charge in [0.15, 0.2) is 0 Å². The van der Waals surface area contributed by atoms with Crippen LogP contribution >= 0.6 is 23.2 Å². The summed E-state index contributed by atoms with van der Waals surface area (Å²) in [4.78, 5) is 102. The van der Waals surface area contributed by atoms with Gasteiger partial charge in [0.1, 0.15) is 41.9 Å². The van der Waals surface area contributed by atoms with Gasteiger partial charge in [-0.2, -0.15) is 13.2 Å². The highest BCUT2D eigenvalue weighted by molar-refractivity contribution is 6.33. The summed E-state index contributed by atoms with van der Waals surface area (Å²) < 4.78 is 55.9. The van der Waals surface area contributed by atoms with E-state index in [4.69, 9.17) is 23.2 Å². The molecule has 7 atom stereocenters. The summed E-state index contributed by atoms with van der Waals surface area (Å²) in [7, 11) is 1.35. The predicted molar refractivity (Wildman–Crippen MR) is 236 cm³/mol. The van der Waals surface area contributed by atoms with Gasteiger partial charge in [0, 0.05) is 43.0 Å². The van der Waals surface area contributed by atoms with Crippen LogP contribution in [0.25, 0.3) is 0 Å². The number of likely N-dealkylation sites (tertiary alicyclic amines) is 1. The first-order valence-corrected chi connectivity index (χ1v) is 23.6. The number of nitrogens with one attached hydrogen (secondary N) is 4. The number of hydrogen-bond donors (Lipinski definition) is 5. The molecule has 66 heavy (non-hydrogen) atoms. The maximum Gasteiger partial charge on any atom is 0.426 e. The van der Waals surface area contributed by atoms with Gasteiger partial charge in [-0.15, -0.1) is 0 Å². The molecule has 368 valence electrons. The molecule has 1 spiro atoms. The van der Waals surface area contributed by atoms with Gasteiger partial charge < -0.3 is 41.1 Å². The Labute approximate surface area is 392 Å². The summed E-state index contributed by atoms with van der Waals surface area (Å²) >= 11 is 12.9. The molecule has 0 radical (unpaired) electrons. The number of rotatable bonds is 13. The molecule has 7 amide bonds. The van der Waals surface area contributed by atoms with Crippen LogP contribution in [0.4, 0.5) is 17.6 Å². The van der Waals surface area contributed by atoms with Gasteiger partial charge in [0.05, 0.1) is 6.54 Å². The molecule has 21 heteroatoms. The lowest BCUT2D eigenvalue weighted by atomic mass is 9.80. The Morgan fingerprint density at radius 3 is 2.29 bits per heavy atom. The van der Waals surface area contributed by atoms with Gasteiger partial charge in [0.25, 0.3) is 5.91 Å². The second-order valence-corrected chi connectivity index (χ2v) is 19.8. The maximum absolute atomic E-state index is 14.9. The van der Waals surface area contributed by atoms with E-state index in [0.717, 1.165) is 11.3 Å². The van der Waals surface area contributed by atoms with Crippen LogP contribution in [0.5, 0.6) is 0 Å². The third-order valence-electron chi connectivity index (χ3n) is 13.2. The van der Waals surface area contributed by atoms with E-state index in [1.807, 2.05) is 20.8 Å². The smallest absolute Gasteiger partial charge is 0.373 e. The minimum atomic E-state index is -5.43. The Bertz CT molecular complexity index is 1980. The Hall–Kier alpha value is -4.23. The fraction of sp³-hybridized carbons (Fsp3) is 0.711. The maximum atomic E-state index is 14.9. The zero-order valence-corrected chi connectivity index (χ0v) is 39.6. The molecule has 15 nitrogen and oxygen atoms in total. The summed E-state index contributed by atoms with van der Waals surface area (Å²) in [6.45, 7) is 5.08. The van der Waals surface area contributed by atoms with Crippen molar-refractivity contribution in [3.8, 4) is 0 Å². The van der Waals surface area contributed by atoms with Crippen LogP contribution < -0.4 is 21.3 Å². The van der Waals surface area contributed by atoms with Crippen molar-refractivity contribution in [2.24, 2.45) is 11.8 Å². The molecule has 2 heterocycles.